The van der Waals surface area contributed by atoms with Crippen molar-refractivity contribution in [1.29, 1.82) is 5.26 Å². The lowest BCUT2D eigenvalue weighted by atomic mass is 10.1. The number of hydrogen-bond acceptors (Lipinski definition) is 4. The summed E-state index contributed by atoms with van der Waals surface area (Å²) in [6.07, 6.45) is -3.01. The van der Waals surface area contributed by atoms with E-state index in [1.54, 1.807) is 24.3 Å². The summed E-state index contributed by atoms with van der Waals surface area (Å²) in [7, 11) is 0. The quantitative estimate of drug-likeness (QED) is 0.622. The molecule has 0 N–H and O–H groups in total. The van der Waals surface area contributed by atoms with Gasteiger partial charge in [-0.1, -0.05) is 24.3 Å². The number of halogens is 3. The molecule has 0 saturated carbocycles. The van der Waals surface area contributed by atoms with Crippen LogP contribution in [0, 0.1) is 11.3 Å². The minimum absolute atomic E-state index is 0.118. The number of aromatic nitrogens is 1. The molecule has 0 atom stereocenters. The summed E-state index contributed by atoms with van der Waals surface area (Å²) in [4.78, 5) is 16.0. The molecule has 0 amide bonds. The van der Waals surface area contributed by atoms with Crippen molar-refractivity contribution in [1.82, 2.24) is 4.98 Å². The van der Waals surface area contributed by atoms with Gasteiger partial charge in [0.15, 0.2) is 0 Å². The van der Waals surface area contributed by atoms with Crippen LogP contribution in [-0.2, 0) is 6.18 Å². The third kappa shape index (κ3) is 3.59. The summed E-state index contributed by atoms with van der Waals surface area (Å²) in [6.45, 7) is 0. The first kappa shape index (κ1) is 16.9. The third-order valence-corrected chi connectivity index (χ3v) is 4.51. The molecule has 124 valence electrons. The van der Waals surface area contributed by atoms with Crippen LogP contribution in [0.1, 0.15) is 16.1 Å². The molecule has 3 rings (SSSR count). The molecule has 25 heavy (non-hydrogen) atoms. The third-order valence-electron chi connectivity index (χ3n) is 3.43. The maximum atomic E-state index is 12.6. The molecule has 0 aliphatic rings. The highest BCUT2D eigenvalue weighted by molar-refractivity contribution is 7.19. The van der Waals surface area contributed by atoms with Crippen LogP contribution in [0.4, 0.5) is 13.2 Å². The van der Waals surface area contributed by atoms with Crippen LogP contribution in [-0.4, -0.2) is 4.98 Å². The molecule has 0 bridgehead atoms. The zero-order valence-electron chi connectivity index (χ0n) is 12.5. The van der Waals surface area contributed by atoms with Crippen molar-refractivity contribution < 1.29 is 13.2 Å². The molecule has 0 aliphatic heterocycles. The molecular formula is C18H9F3N2OS. The van der Waals surface area contributed by atoms with E-state index in [0.29, 0.717) is 15.6 Å². The van der Waals surface area contributed by atoms with Gasteiger partial charge < -0.3 is 0 Å². The molecule has 2 aromatic carbocycles. The molecule has 0 aliphatic carbocycles. The Hall–Kier alpha value is -2.98. The molecule has 1 heterocycles. The van der Waals surface area contributed by atoms with E-state index in [-0.39, 0.29) is 10.6 Å². The summed E-state index contributed by atoms with van der Waals surface area (Å²) in [5, 5.41) is 10.0. The molecule has 0 fully saturated rings. The molecule has 3 nitrogen and oxygen atoms in total. The average molecular weight is 358 g/mol. The average Bonchev–Trinajstić information content (AvgIpc) is 2.59. The van der Waals surface area contributed by atoms with Gasteiger partial charge in [0.2, 0.25) is 0 Å². The van der Waals surface area contributed by atoms with Gasteiger partial charge in [0, 0.05) is 4.70 Å². The van der Waals surface area contributed by atoms with Crippen molar-refractivity contribution in [2.24, 2.45) is 0 Å². The number of hydrogen-bond donors (Lipinski definition) is 0. The molecule has 1 aromatic heterocycles. The number of alkyl halides is 3. The smallest absolute Gasteiger partial charge is 0.267 e. The van der Waals surface area contributed by atoms with Crippen LogP contribution in [0.5, 0.6) is 0 Å². The number of nitrogens with zero attached hydrogens (tertiary/aromatic N) is 2. The first-order valence-corrected chi connectivity index (χ1v) is 7.89. The van der Waals surface area contributed by atoms with Crippen LogP contribution in [0.25, 0.3) is 21.7 Å². The van der Waals surface area contributed by atoms with Crippen molar-refractivity contribution in [3.05, 3.63) is 75.0 Å². The minimum atomic E-state index is -4.42. The summed E-state index contributed by atoms with van der Waals surface area (Å²) < 4.78 is 38.5. The van der Waals surface area contributed by atoms with Gasteiger partial charge in [-0.3, -0.25) is 4.79 Å². The van der Waals surface area contributed by atoms with Gasteiger partial charge in [-0.05, 0) is 35.9 Å². The molecular weight excluding hydrogens is 349 g/mol. The molecule has 0 unspecified atom stereocenters. The fraction of sp³-hybridized carbons (Fsp3) is 0.0556. The number of benzene rings is 2. The van der Waals surface area contributed by atoms with E-state index in [1.165, 1.54) is 29.5 Å². The summed E-state index contributed by atoms with van der Waals surface area (Å²) in [6, 6.07) is 13.3. The van der Waals surface area contributed by atoms with Gasteiger partial charge in [-0.15, -0.1) is 11.3 Å². The Morgan fingerprint density at radius 3 is 2.44 bits per heavy atom. The lowest BCUT2D eigenvalue weighted by Crippen LogP contribution is -2.07. The highest BCUT2D eigenvalue weighted by Gasteiger charge is 2.29. The first-order chi connectivity index (χ1) is 11.9. The first-order valence-electron chi connectivity index (χ1n) is 7.08. The van der Waals surface area contributed by atoms with Gasteiger partial charge in [-0.2, -0.15) is 23.4 Å². The van der Waals surface area contributed by atoms with Crippen LogP contribution in [0.2, 0.25) is 0 Å². The van der Waals surface area contributed by atoms with Crippen molar-refractivity contribution in [3.8, 4) is 6.07 Å². The summed E-state index contributed by atoms with van der Waals surface area (Å²) in [5.74, 6) is 0. The molecule has 3 aromatic rings. The standard InChI is InChI=1S/C18H9F3N2OS/c19-18(20,21)13-7-5-11(6-8-13)9-12(10-22)17-23-16(24)14-3-1-2-4-15(14)25-17/h1-9H/b12-9+. The van der Waals surface area contributed by atoms with Gasteiger partial charge in [-0.25, -0.2) is 0 Å². The second-order valence-corrected chi connectivity index (χ2v) is 6.14. The number of fused-ring (bicyclic) bond motifs is 1. The number of rotatable bonds is 2. The van der Waals surface area contributed by atoms with E-state index in [1.807, 2.05) is 6.07 Å². The topological polar surface area (TPSA) is 53.8 Å². The van der Waals surface area contributed by atoms with Crippen LogP contribution >= 0.6 is 11.3 Å². The maximum absolute atomic E-state index is 12.6. The second-order valence-electron chi connectivity index (χ2n) is 5.11. The SMILES string of the molecule is N#C/C(=C\c1ccc(C(F)(F)F)cc1)c1nc(=O)c2ccccc2s1. The highest BCUT2D eigenvalue weighted by atomic mass is 32.1. The Labute approximate surface area is 144 Å². The van der Waals surface area contributed by atoms with E-state index in [4.69, 9.17) is 0 Å². The maximum Gasteiger partial charge on any atom is 0.416 e. The summed E-state index contributed by atoms with van der Waals surface area (Å²) in [5.41, 5.74) is -0.679. The lowest BCUT2D eigenvalue weighted by Gasteiger charge is -2.06. The minimum Gasteiger partial charge on any atom is -0.267 e. The Morgan fingerprint density at radius 2 is 1.80 bits per heavy atom. The predicted octanol–water partition coefficient (Wildman–Crippen LogP) is 4.74. The van der Waals surface area contributed by atoms with Crippen molar-refractivity contribution in [2.45, 2.75) is 6.18 Å². The Balaban J connectivity index is 2.04. The van der Waals surface area contributed by atoms with Gasteiger partial charge in [0.1, 0.15) is 11.1 Å². The van der Waals surface area contributed by atoms with Gasteiger partial charge in [0.25, 0.3) is 5.56 Å². The van der Waals surface area contributed by atoms with E-state index >= 15 is 0 Å². The van der Waals surface area contributed by atoms with E-state index in [0.717, 1.165) is 12.1 Å². The lowest BCUT2D eigenvalue weighted by molar-refractivity contribution is -0.137. The fourth-order valence-corrected chi connectivity index (χ4v) is 3.17. The van der Waals surface area contributed by atoms with Crippen molar-refractivity contribution >= 4 is 33.1 Å². The predicted molar refractivity (Wildman–Crippen MR) is 90.8 cm³/mol. The Morgan fingerprint density at radius 1 is 1.12 bits per heavy atom. The molecule has 0 spiro atoms. The number of nitriles is 1. The van der Waals surface area contributed by atoms with E-state index in [2.05, 4.69) is 4.98 Å². The number of allylic oxidation sites excluding steroid dienone is 1. The van der Waals surface area contributed by atoms with Gasteiger partial charge in [0.05, 0.1) is 16.5 Å². The zero-order valence-corrected chi connectivity index (χ0v) is 13.4. The Kier molecular flexibility index (Phi) is 4.38. The normalized spacial score (nSPS) is 12.2. The van der Waals surface area contributed by atoms with Crippen molar-refractivity contribution in [2.75, 3.05) is 0 Å². The summed E-state index contributed by atoms with van der Waals surface area (Å²) >= 11 is 1.18. The Bertz CT molecular complexity index is 1060. The molecule has 7 heteroatoms. The van der Waals surface area contributed by atoms with E-state index in [9.17, 15) is 23.2 Å². The van der Waals surface area contributed by atoms with Crippen molar-refractivity contribution in [3.63, 3.8) is 0 Å². The zero-order chi connectivity index (χ0) is 18.0. The van der Waals surface area contributed by atoms with Crippen LogP contribution in [0.15, 0.2) is 53.3 Å². The van der Waals surface area contributed by atoms with Crippen LogP contribution in [0.3, 0.4) is 0 Å². The molecule has 0 radical (unpaired) electrons. The van der Waals surface area contributed by atoms with Crippen LogP contribution < -0.4 is 5.56 Å². The highest BCUT2D eigenvalue weighted by Crippen LogP contribution is 2.30. The second kappa shape index (κ2) is 6.49. The monoisotopic (exact) mass is 358 g/mol. The largest absolute Gasteiger partial charge is 0.416 e. The van der Waals surface area contributed by atoms with E-state index < -0.39 is 17.3 Å². The fourth-order valence-electron chi connectivity index (χ4n) is 2.20. The van der Waals surface area contributed by atoms with Gasteiger partial charge >= 0.3 is 6.18 Å². The molecule has 0 saturated heterocycles.